The molecule has 0 aromatic heterocycles. The van der Waals surface area contributed by atoms with Crippen LogP contribution >= 0.6 is 0 Å². The van der Waals surface area contributed by atoms with Crippen LogP contribution in [0.15, 0.2) is 24.3 Å². The first-order valence-corrected chi connectivity index (χ1v) is 7.36. The SMILES string of the molecule is CC(NC(=O)c1cccc([N+](=O)[O-])c1)C(=O)N[C@H]1C[C@@H](C(=O)O)C1. The van der Waals surface area contributed by atoms with E-state index in [0.29, 0.717) is 12.8 Å². The lowest BCUT2D eigenvalue weighted by Crippen LogP contribution is -2.52. The number of hydrogen-bond acceptors (Lipinski definition) is 5. The van der Waals surface area contributed by atoms with Crippen molar-refractivity contribution in [2.45, 2.75) is 31.8 Å². The highest BCUT2D eigenvalue weighted by molar-refractivity contribution is 5.97. The largest absolute Gasteiger partial charge is 0.481 e. The number of carbonyl (C=O) groups excluding carboxylic acids is 2. The summed E-state index contributed by atoms with van der Waals surface area (Å²) >= 11 is 0. The summed E-state index contributed by atoms with van der Waals surface area (Å²) in [6, 6.07) is 4.14. The molecule has 0 aliphatic heterocycles. The van der Waals surface area contributed by atoms with Crippen LogP contribution in [0.5, 0.6) is 0 Å². The second-order valence-electron chi connectivity index (χ2n) is 5.71. The van der Waals surface area contributed by atoms with Gasteiger partial charge in [0.2, 0.25) is 5.91 Å². The van der Waals surface area contributed by atoms with Crippen molar-refractivity contribution in [2.24, 2.45) is 5.92 Å². The minimum Gasteiger partial charge on any atom is -0.481 e. The molecular formula is C15H17N3O6. The Morgan fingerprint density at radius 1 is 1.33 bits per heavy atom. The number of nitro groups is 1. The number of nitrogens with one attached hydrogen (secondary N) is 2. The molecule has 1 aliphatic rings. The zero-order chi connectivity index (χ0) is 17.9. The quantitative estimate of drug-likeness (QED) is 0.516. The third kappa shape index (κ3) is 4.06. The van der Waals surface area contributed by atoms with Crippen molar-refractivity contribution >= 4 is 23.5 Å². The molecule has 0 bridgehead atoms. The summed E-state index contributed by atoms with van der Waals surface area (Å²) in [6.07, 6.45) is 0.735. The van der Waals surface area contributed by atoms with E-state index >= 15 is 0 Å². The number of amides is 2. The summed E-state index contributed by atoms with van der Waals surface area (Å²) in [4.78, 5) is 44.8. The monoisotopic (exact) mass is 335 g/mol. The van der Waals surface area contributed by atoms with Gasteiger partial charge in [0.05, 0.1) is 10.8 Å². The van der Waals surface area contributed by atoms with Crippen molar-refractivity contribution in [1.82, 2.24) is 10.6 Å². The van der Waals surface area contributed by atoms with E-state index in [1.54, 1.807) is 0 Å². The number of carboxylic acid groups (broad SMARTS) is 1. The summed E-state index contributed by atoms with van der Waals surface area (Å²) in [7, 11) is 0. The summed E-state index contributed by atoms with van der Waals surface area (Å²) in [5.74, 6) is -2.35. The van der Waals surface area contributed by atoms with Crippen LogP contribution in [-0.4, -0.2) is 39.9 Å². The predicted molar refractivity (Wildman–Crippen MR) is 82.3 cm³/mol. The van der Waals surface area contributed by atoms with Crippen LogP contribution < -0.4 is 10.6 Å². The van der Waals surface area contributed by atoms with Crippen LogP contribution in [0.25, 0.3) is 0 Å². The fourth-order valence-corrected chi connectivity index (χ4v) is 2.37. The third-order valence-electron chi connectivity index (χ3n) is 3.89. The Bertz CT molecular complexity index is 684. The molecule has 128 valence electrons. The van der Waals surface area contributed by atoms with E-state index in [4.69, 9.17) is 5.11 Å². The van der Waals surface area contributed by atoms with Crippen LogP contribution in [0.2, 0.25) is 0 Å². The Morgan fingerprint density at radius 2 is 2.00 bits per heavy atom. The number of aliphatic carboxylic acids is 1. The minimum absolute atomic E-state index is 0.0819. The molecule has 9 nitrogen and oxygen atoms in total. The number of carboxylic acids is 1. The van der Waals surface area contributed by atoms with Gasteiger partial charge in [-0.1, -0.05) is 6.07 Å². The molecule has 0 saturated heterocycles. The first-order valence-electron chi connectivity index (χ1n) is 7.36. The Morgan fingerprint density at radius 3 is 2.58 bits per heavy atom. The number of carbonyl (C=O) groups is 3. The van der Waals surface area contributed by atoms with E-state index in [-0.39, 0.29) is 17.3 Å². The lowest BCUT2D eigenvalue weighted by atomic mass is 9.80. The van der Waals surface area contributed by atoms with Gasteiger partial charge in [0.25, 0.3) is 11.6 Å². The van der Waals surface area contributed by atoms with Crippen molar-refractivity contribution < 1.29 is 24.4 Å². The van der Waals surface area contributed by atoms with Gasteiger partial charge >= 0.3 is 5.97 Å². The molecule has 1 aromatic carbocycles. The van der Waals surface area contributed by atoms with Crippen molar-refractivity contribution in [2.75, 3.05) is 0 Å². The molecule has 0 heterocycles. The molecule has 1 fully saturated rings. The van der Waals surface area contributed by atoms with E-state index in [2.05, 4.69) is 10.6 Å². The van der Waals surface area contributed by atoms with Crippen LogP contribution in [0.1, 0.15) is 30.1 Å². The molecule has 1 aromatic rings. The molecule has 2 rings (SSSR count). The van der Waals surface area contributed by atoms with E-state index in [0.717, 1.165) is 6.07 Å². The van der Waals surface area contributed by atoms with Crippen molar-refractivity contribution in [1.29, 1.82) is 0 Å². The van der Waals surface area contributed by atoms with Gasteiger partial charge in [-0.3, -0.25) is 24.5 Å². The van der Waals surface area contributed by atoms with Gasteiger partial charge in [-0.25, -0.2) is 0 Å². The standard InChI is InChI=1S/C15H17N3O6/c1-8(13(19)17-11-5-10(6-11)15(21)22)16-14(20)9-3-2-4-12(7-9)18(23)24/h2-4,7-8,10-11H,5-6H2,1H3,(H,16,20)(H,17,19)(H,21,22)/t8?,10-,11+. The van der Waals surface area contributed by atoms with Crippen LogP contribution in [0.3, 0.4) is 0 Å². The molecule has 9 heteroatoms. The zero-order valence-corrected chi connectivity index (χ0v) is 12.9. The normalized spacial score (nSPS) is 20.4. The Hall–Kier alpha value is -2.97. The Kier molecular flexibility index (Phi) is 5.12. The van der Waals surface area contributed by atoms with Crippen molar-refractivity contribution in [3.05, 3.63) is 39.9 Å². The van der Waals surface area contributed by atoms with Crippen molar-refractivity contribution in [3.63, 3.8) is 0 Å². The number of rotatable bonds is 6. The molecule has 0 spiro atoms. The Balaban J connectivity index is 1.87. The number of non-ortho nitro benzene ring substituents is 1. The van der Waals surface area contributed by atoms with E-state index in [1.165, 1.54) is 25.1 Å². The van der Waals surface area contributed by atoms with Gasteiger partial charge < -0.3 is 15.7 Å². The topological polar surface area (TPSA) is 139 Å². The number of benzene rings is 1. The van der Waals surface area contributed by atoms with Crippen LogP contribution in [-0.2, 0) is 9.59 Å². The molecule has 1 saturated carbocycles. The fourth-order valence-electron chi connectivity index (χ4n) is 2.37. The van der Waals surface area contributed by atoms with E-state index in [1.807, 2.05) is 0 Å². The third-order valence-corrected chi connectivity index (χ3v) is 3.89. The van der Waals surface area contributed by atoms with Gasteiger partial charge in [-0.05, 0) is 25.8 Å². The molecule has 0 radical (unpaired) electrons. The maximum absolute atomic E-state index is 12.1. The molecular weight excluding hydrogens is 318 g/mol. The van der Waals surface area contributed by atoms with Gasteiger partial charge in [0.15, 0.2) is 0 Å². The maximum Gasteiger partial charge on any atom is 0.306 e. The molecule has 3 N–H and O–H groups in total. The van der Waals surface area contributed by atoms with Crippen molar-refractivity contribution in [3.8, 4) is 0 Å². The van der Waals surface area contributed by atoms with Gasteiger partial charge in [0, 0.05) is 23.7 Å². The molecule has 1 aliphatic carbocycles. The maximum atomic E-state index is 12.1. The zero-order valence-electron chi connectivity index (χ0n) is 12.9. The number of nitrogens with zero attached hydrogens (tertiary/aromatic N) is 1. The second-order valence-corrected chi connectivity index (χ2v) is 5.71. The van der Waals surface area contributed by atoms with Gasteiger partial charge in [-0.2, -0.15) is 0 Å². The Labute approximate surface area is 137 Å². The predicted octanol–water partition coefficient (Wildman–Crippen LogP) is 0.692. The first-order chi connectivity index (χ1) is 11.3. The smallest absolute Gasteiger partial charge is 0.306 e. The van der Waals surface area contributed by atoms with E-state index < -0.39 is 34.7 Å². The van der Waals surface area contributed by atoms with Gasteiger partial charge in [0.1, 0.15) is 6.04 Å². The second kappa shape index (κ2) is 7.07. The van der Waals surface area contributed by atoms with Crippen LogP contribution in [0.4, 0.5) is 5.69 Å². The highest BCUT2D eigenvalue weighted by atomic mass is 16.6. The fraction of sp³-hybridized carbons (Fsp3) is 0.400. The summed E-state index contributed by atoms with van der Waals surface area (Å²) < 4.78 is 0. The lowest BCUT2D eigenvalue weighted by Gasteiger charge is -2.33. The lowest BCUT2D eigenvalue weighted by molar-refractivity contribution is -0.384. The number of hydrogen-bond donors (Lipinski definition) is 3. The molecule has 1 atom stereocenters. The average Bonchev–Trinajstić information content (AvgIpc) is 2.49. The highest BCUT2D eigenvalue weighted by Gasteiger charge is 2.36. The first kappa shape index (κ1) is 17.4. The average molecular weight is 335 g/mol. The molecule has 24 heavy (non-hydrogen) atoms. The van der Waals surface area contributed by atoms with Crippen LogP contribution in [0, 0.1) is 16.0 Å². The molecule has 1 unspecified atom stereocenters. The summed E-state index contributed by atoms with van der Waals surface area (Å²) in [5.41, 5.74) is -0.132. The molecule has 2 amide bonds. The number of nitro benzene ring substituents is 1. The summed E-state index contributed by atoms with van der Waals surface area (Å²) in [5, 5.41) is 24.6. The highest BCUT2D eigenvalue weighted by Crippen LogP contribution is 2.27. The van der Waals surface area contributed by atoms with Gasteiger partial charge in [-0.15, -0.1) is 0 Å². The van der Waals surface area contributed by atoms with E-state index in [9.17, 15) is 24.5 Å². The summed E-state index contributed by atoms with van der Waals surface area (Å²) in [6.45, 7) is 1.48. The minimum atomic E-state index is -0.882.